The molecule has 2 aromatic heterocycles. The minimum atomic E-state index is -0.456. The zero-order valence-electron chi connectivity index (χ0n) is 13.1. The second-order valence-electron chi connectivity index (χ2n) is 4.78. The van der Waals surface area contributed by atoms with E-state index in [2.05, 4.69) is 27.4 Å². The summed E-state index contributed by atoms with van der Waals surface area (Å²) >= 11 is 6.20. The molecule has 2 heterocycles. The average Bonchev–Trinajstić information content (AvgIpc) is 2.88. The molecule has 2 N–H and O–H groups in total. The van der Waals surface area contributed by atoms with Crippen LogP contribution in [0.5, 0.6) is 0 Å². The Labute approximate surface area is 138 Å². The topological polar surface area (TPSA) is 80.0 Å². The number of hydrogen-bond acceptors (Lipinski definition) is 4. The number of nitrogens with one attached hydrogen (secondary N) is 2. The molecule has 2 amide bonds. The molecule has 120 valence electrons. The summed E-state index contributed by atoms with van der Waals surface area (Å²) in [5.74, 6) is 0.267. The van der Waals surface area contributed by atoms with Gasteiger partial charge in [0.1, 0.15) is 0 Å². The number of rotatable bonds is 4. The van der Waals surface area contributed by atoms with Crippen molar-refractivity contribution in [3.63, 3.8) is 0 Å². The Bertz CT molecular complexity index is 821. The summed E-state index contributed by atoms with van der Waals surface area (Å²) in [5, 5.41) is 10.3. The second kappa shape index (κ2) is 7.11. The molecule has 0 saturated heterocycles. The number of urea groups is 1. The van der Waals surface area contributed by atoms with E-state index in [0.717, 1.165) is 5.56 Å². The quantitative estimate of drug-likeness (QED) is 0.820. The Kier molecular flexibility index (Phi) is 5.18. The molecule has 0 spiro atoms. The van der Waals surface area contributed by atoms with Crippen LogP contribution in [-0.4, -0.2) is 16.2 Å². The Morgan fingerprint density at radius 1 is 1.39 bits per heavy atom. The summed E-state index contributed by atoms with van der Waals surface area (Å²) in [6.45, 7) is 9.05. The number of allylic oxidation sites excluding steroid dienone is 4. The number of anilines is 1. The van der Waals surface area contributed by atoms with Gasteiger partial charge >= 0.3 is 6.03 Å². The molecule has 23 heavy (non-hydrogen) atoms. The van der Waals surface area contributed by atoms with E-state index in [9.17, 15) is 4.79 Å². The van der Waals surface area contributed by atoms with Crippen molar-refractivity contribution in [1.82, 2.24) is 15.5 Å². The third-order valence-electron chi connectivity index (χ3n) is 3.10. The van der Waals surface area contributed by atoms with Crippen molar-refractivity contribution < 1.29 is 9.32 Å². The van der Waals surface area contributed by atoms with Crippen molar-refractivity contribution in [2.75, 3.05) is 5.32 Å². The number of hydrogen-bond donors (Lipinski definition) is 2. The summed E-state index contributed by atoms with van der Waals surface area (Å²) in [6.07, 6.45) is 6.80. The highest BCUT2D eigenvalue weighted by Gasteiger charge is 2.18. The van der Waals surface area contributed by atoms with E-state index >= 15 is 0 Å². The monoisotopic (exact) mass is 332 g/mol. The third-order valence-corrected chi connectivity index (χ3v) is 3.66. The van der Waals surface area contributed by atoms with E-state index in [1.54, 1.807) is 31.2 Å². The summed E-state index contributed by atoms with van der Waals surface area (Å²) in [7, 11) is 0. The molecule has 0 bridgehead atoms. The lowest BCUT2D eigenvalue weighted by molar-refractivity contribution is 0.254. The highest BCUT2D eigenvalue weighted by Crippen LogP contribution is 2.31. The highest BCUT2D eigenvalue weighted by molar-refractivity contribution is 6.33. The molecule has 0 aromatic carbocycles. The maximum Gasteiger partial charge on any atom is 0.324 e. The Hall–Kier alpha value is -2.60. The van der Waals surface area contributed by atoms with Crippen LogP contribution in [0, 0.1) is 13.8 Å². The maximum atomic E-state index is 12.1. The molecule has 7 heteroatoms. The lowest BCUT2D eigenvalue weighted by Gasteiger charge is -2.07. The molecule has 2 aromatic rings. The maximum absolute atomic E-state index is 12.1. The van der Waals surface area contributed by atoms with Crippen molar-refractivity contribution in [3.05, 3.63) is 52.9 Å². The van der Waals surface area contributed by atoms with Crippen molar-refractivity contribution in [2.45, 2.75) is 20.8 Å². The van der Waals surface area contributed by atoms with Gasteiger partial charge in [0, 0.05) is 5.70 Å². The summed E-state index contributed by atoms with van der Waals surface area (Å²) in [4.78, 5) is 16.3. The lowest BCUT2D eigenvalue weighted by atomic mass is 10.2. The van der Waals surface area contributed by atoms with Gasteiger partial charge in [-0.2, -0.15) is 0 Å². The molecule has 2 rings (SSSR count). The number of fused-ring (bicyclic) bond motifs is 1. The van der Waals surface area contributed by atoms with E-state index < -0.39 is 6.03 Å². The van der Waals surface area contributed by atoms with Gasteiger partial charge in [-0.25, -0.2) is 9.78 Å². The molecule has 6 nitrogen and oxygen atoms in total. The number of carbonyl (C=O) groups excluding carboxylic acids is 1. The van der Waals surface area contributed by atoms with E-state index in [1.165, 1.54) is 0 Å². The normalized spacial score (nSPS) is 11.9. The van der Waals surface area contributed by atoms with Gasteiger partial charge in [0.05, 0.1) is 16.1 Å². The van der Waals surface area contributed by atoms with Crippen LogP contribution in [-0.2, 0) is 0 Å². The van der Waals surface area contributed by atoms with Crippen molar-refractivity contribution in [1.29, 1.82) is 0 Å². The molecular formula is C16H17ClN4O2. The van der Waals surface area contributed by atoms with Gasteiger partial charge < -0.3 is 9.84 Å². The largest absolute Gasteiger partial charge is 0.334 e. The summed E-state index contributed by atoms with van der Waals surface area (Å²) < 4.78 is 5.16. The first kappa shape index (κ1) is 16.8. The van der Waals surface area contributed by atoms with Crippen LogP contribution in [0.3, 0.4) is 0 Å². The fraction of sp³-hybridized carbons (Fsp3) is 0.188. The molecule has 0 aliphatic heterocycles. The van der Waals surface area contributed by atoms with Crippen LogP contribution >= 0.6 is 11.6 Å². The van der Waals surface area contributed by atoms with Crippen LogP contribution in [0.1, 0.15) is 18.2 Å². The number of nitrogens with zero attached hydrogens (tertiary/aromatic N) is 2. The zero-order valence-corrected chi connectivity index (χ0v) is 13.9. The minimum absolute atomic E-state index is 0.267. The summed E-state index contributed by atoms with van der Waals surface area (Å²) in [5.41, 5.74) is 2.32. The Balaban J connectivity index is 2.29. The first-order valence-corrected chi connectivity index (χ1v) is 7.31. The second-order valence-corrected chi connectivity index (χ2v) is 5.16. The van der Waals surface area contributed by atoms with Gasteiger partial charge in [0.15, 0.2) is 5.82 Å². The molecule has 0 aliphatic rings. The number of aryl methyl sites for hydroxylation is 2. The van der Waals surface area contributed by atoms with Crippen LogP contribution in [0.4, 0.5) is 10.6 Å². The van der Waals surface area contributed by atoms with Crippen LogP contribution in [0.25, 0.3) is 11.1 Å². The Morgan fingerprint density at radius 3 is 2.78 bits per heavy atom. The van der Waals surface area contributed by atoms with Crippen molar-refractivity contribution in [3.8, 4) is 0 Å². The molecule has 0 fully saturated rings. The van der Waals surface area contributed by atoms with Gasteiger partial charge in [-0.05, 0) is 38.5 Å². The van der Waals surface area contributed by atoms with Crippen LogP contribution in [0.15, 0.2) is 41.1 Å². The molecule has 0 saturated carbocycles. The highest BCUT2D eigenvalue weighted by atomic mass is 35.5. The van der Waals surface area contributed by atoms with Gasteiger partial charge in [-0.3, -0.25) is 5.32 Å². The standard InChI is InChI=1S/C16H17ClN4O2/c1-5-7-11(8-6-2)19-16(22)20-14-12-9(3)13(17)10(4)18-15(12)23-21-14/h5-8H,1H2,2-4H3,(H2,19,20,21,22)/b8-6-,11-7+. The molecule has 0 atom stereocenters. The first-order chi connectivity index (χ1) is 11.0. The number of pyridine rings is 1. The Morgan fingerprint density at radius 2 is 2.13 bits per heavy atom. The number of amides is 2. The number of halogens is 1. The van der Waals surface area contributed by atoms with Gasteiger partial charge in [0.2, 0.25) is 0 Å². The number of carbonyl (C=O) groups is 1. The third kappa shape index (κ3) is 3.60. The van der Waals surface area contributed by atoms with E-state index in [-0.39, 0.29) is 5.82 Å². The van der Waals surface area contributed by atoms with Crippen LogP contribution < -0.4 is 10.6 Å². The van der Waals surface area contributed by atoms with Gasteiger partial charge in [-0.1, -0.05) is 35.5 Å². The average molecular weight is 333 g/mol. The fourth-order valence-electron chi connectivity index (χ4n) is 2.08. The summed E-state index contributed by atoms with van der Waals surface area (Å²) in [6, 6.07) is -0.456. The predicted octanol–water partition coefficient (Wildman–Crippen LogP) is 4.26. The predicted molar refractivity (Wildman–Crippen MR) is 91.5 cm³/mol. The molecule has 0 unspecified atom stereocenters. The van der Waals surface area contributed by atoms with Gasteiger partial charge in [0.25, 0.3) is 5.71 Å². The molecular weight excluding hydrogens is 316 g/mol. The lowest BCUT2D eigenvalue weighted by Crippen LogP contribution is -2.27. The van der Waals surface area contributed by atoms with E-state index in [4.69, 9.17) is 16.1 Å². The van der Waals surface area contributed by atoms with E-state index in [0.29, 0.717) is 27.5 Å². The van der Waals surface area contributed by atoms with E-state index in [1.807, 2.05) is 13.8 Å². The van der Waals surface area contributed by atoms with Crippen LogP contribution in [0.2, 0.25) is 5.02 Å². The van der Waals surface area contributed by atoms with Gasteiger partial charge in [-0.15, -0.1) is 0 Å². The van der Waals surface area contributed by atoms with Crippen molar-refractivity contribution >= 4 is 34.5 Å². The minimum Gasteiger partial charge on any atom is -0.334 e. The smallest absolute Gasteiger partial charge is 0.324 e. The molecule has 0 aliphatic carbocycles. The fourth-order valence-corrected chi connectivity index (χ4v) is 2.22. The number of aromatic nitrogens is 2. The van der Waals surface area contributed by atoms with Crippen molar-refractivity contribution in [2.24, 2.45) is 0 Å². The SMILES string of the molecule is C=C/C=C(\C=C/C)NC(=O)Nc1noc2nc(C)c(Cl)c(C)c12. The first-order valence-electron chi connectivity index (χ1n) is 6.93. The molecule has 0 radical (unpaired) electrons. The zero-order chi connectivity index (χ0) is 17.0.